The van der Waals surface area contributed by atoms with E-state index in [0.717, 1.165) is 0 Å². The van der Waals surface area contributed by atoms with Crippen molar-refractivity contribution in [3.05, 3.63) is 53.6 Å². The first-order chi connectivity index (χ1) is 10.5. The van der Waals surface area contributed by atoms with Crippen LogP contribution < -0.4 is 14.8 Å². The largest absolute Gasteiger partial charge is 0.497 e. The number of anilines is 1. The minimum atomic E-state index is -1.13. The highest BCUT2D eigenvalue weighted by Gasteiger charge is 2.14. The molecule has 0 bridgehead atoms. The molecular formula is C16H15NO5. The fourth-order valence-electron chi connectivity index (χ4n) is 1.88. The lowest BCUT2D eigenvalue weighted by molar-refractivity contribution is 0.0698. The molecule has 0 heterocycles. The van der Waals surface area contributed by atoms with Gasteiger partial charge >= 0.3 is 5.97 Å². The number of ether oxygens (including phenoxy) is 2. The van der Waals surface area contributed by atoms with E-state index in [4.69, 9.17) is 9.47 Å². The summed E-state index contributed by atoms with van der Waals surface area (Å²) in [7, 11) is 3.00. The molecule has 1 amide bonds. The molecule has 0 aliphatic rings. The summed E-state index contributed by atoms with van der Waals surface area (Å²) < 4.78 is 10.1. The zero-order valence-electron chi connectivity index (χ0n) is 12.1. The molecular weight excluding hydrogens is 286 g/mol. The third-order valence-electron chi connectivity index (χ3n) is 3.06. The molecule has 0 aliphatic carbocycles. The molecule has 0 fully saturated rings. The fraction of sp³-hybridized carbons (Fsp3) is 0.125. The molecule has 0 saturated heterocycles. The van der Waals surface area contributed by atoms with Crippen LogP contribution in [0, 0.1) is 0 Å². The lowest BCUT2D eigenvalue weighted by atomic mass is 10.1. The van der Waals surface area contributed by atoms with Gasteiger partial charge in [-0.3, -0.25) is 4.79 Å². The maximum atomic E-state index is 12.2. The van der Waals surface area contributed by atoms with Gasteiger partial charge in [-0.1, -0.05) is 0 Å². The number of amides is 1. The number of carboxylic acid groups (broad SMARTS) is 1. The third-order valence-corrected chi connectivity index (χ3v) is 3.06. The Hall–Kier alpha value is -3.02. The summed E-state index contributed by atoms with van der Waals surface area (Å²) in [5.41, 5.74) is 0.551. The van der Waals surface area contributed by atoms with Crippen LogP contribution in [0.15, 0.2) is 42.5 Å². The van der Waals surface area contributed by atoms with Crippen LogP contribution in [0.3, 0.4) is 0 Å². The summed E-state index contributed by atoms with van der Waals surface area (Å²) in [6, 6.07) is 10.9. The molecule has 2 aromatic rings. The van der Waals surface area contributed by atoms with E-state index in [-0.39, 0.29) is 11.3 Å². The number of carbonyl (C=O) groups is 2. The number of rotatable bonds is 5. The van der Waals surface area contributed by atoms with Crippen molar-refractivity contribution in [2.75, 3.05) is 19.5 Å². The molecule has 0 spiro atoms. The van der Waals surface area contributed by atoms with Crippen LogP contribution in [0.25, 0.3) is 0 Å². The smallest absolute Gasteiger partial charge is 0.337 e. The highest BCUT2D eigenvalue weighted by molar-refractivity contribution is 6.07. The molecule has 6 nitrogen and oxygen atoms in total. The number of benzene rings is 2. The van der Waals surface area contributed by atoms with E-state index < -0.39 is 11.9 Å². The van der Waals surface area contributed by atoms with Gasteiger partial charge in [-0.05, 0) is 36.4 Å². The number of hydrogen-bond acceptors (Lipinski definition) is 4. The Bertz CT molecular complexity index is 694. The van der Waals surface area contributed by atoms with Crippen LogP contribution in [0.5, 0.6) is 11.5 Å². The highest BCUT2D eigenvalue weighted by Crippen LogP contribution is 2.23. The van der Waals surface area contributed by atoms with Crippen molar-refractivity contribution in [3.8, 4) is 11.5 Å². The molecule has 2 rings (SSSR count). The standard InChI is InChI=1S/C16H15NO5/c1-21-11-5-3-10(4-6-11)15(18)17-14-9-12(22-2)7-8-13(14)16(19)20/h3-9H,1-2H3,(H,17,18)(H,19,20). The van der Waals surface area contributed by atoms with Gasteiger partial charge in [-0.25, -0.2) is 4.79 Å². The summed E-state index contributed by atoms with van der Waals surface area (Å²) in [5, 5.41) is 11.8. The van der Waals surface area contributed by atoms with Crippen molar-refractivity contribution >= 4 is 17.6 Å². The highest BCUT2D eigenvalue weighted by atomic mass is 16.5. The van der Waals surface area contributed by atoms with Crippen LogP contribution in [0.4, 0.5) is 5.69 Å². The maximum absolute atomic E-state index is 12.2. The average molecular weight is 301 g/mol. The SMILES string of the molecule is COc1ccc(C(=O)Nc2cc(OC)ccc2C(=O)O)cc1. The van der Waals surface area contributed by atoms with Gasteiger partial charge in [-0.2, -0.15) is 0 Å². The van der Waals surface area contributed by atoms with Crippen LogP contribution in [0.1, 0.15) is 20.7 Å². The summed E-state index contributed by atoms with van der Waals surface area (Å²) in [6.45, 7) is 0. The van der Waals surface area contributed by atoms with E-state index in [1.807, 2.05) is 0 Å². The summed E-state index contributed by atoms with van der Waals surface area (Å²) in [4.78, 5) is 23.4. The van der Waals surface area contributed by atoms with Crippen LogP contribution in [-0.4, -0.2) is 31.2 Å². The molecule has 0 unspecified atom stereocenters. The normalized spacial score (nSPS) is 9.91. The number of methoxy groups -OCH3 is 2. The first kappa shape index (κ1) is 15.4. The topological polar surface area (TPSA) is 84.9 Å². The van der Waals surface area contributed by atoms with Crippen molar-refractivity contribution in [1.82, 2.24) is 0 Å². The zero-order chi connectivity index (χ0) is 16.1. The zero-order valence-corrected chi connectivity index (χ0v) is 12.1. The van der Waals surface area contributed by atoms with Crippen molar-refractivity contribution < 1.29 is 24.2 Å². The van der Waals surface area contributed by atoms with Gasteiger partial charge < -0.3 is 19.9 Å². The predicted molar refractivity (Wildman–Crippen MR) is 80.9 cm³/mol. The second-order valence-electron chi connectivity index (χ2n) is 4.40. The molecule has 2 N–H and O–H groups in total. The molecule has 6 heteroatoms. The van der Waals surface area contributed by atoms with E-state index in [1.165, 1.54) is 32.4 Å². The van der Waals surface area contributed by atoms with E-state index in [2.05, 4.69) is 5.32 Å². The van der Waals surface area contributed by atoms with Gasteiger partial charge in [0.2, 0.25) is 0 Å². The molecule has 0 radical (unpaired) electrons. The molecule has 0 atom stereocenters. The van der Waals surface area contributed by atoms with E-state index in [9.17, 15) is 14.7 Å². The Morgan fingerprint density at radius 1 is 0.955 bits per heavy atom. The molecule has 0 aromatic heterocycles. The molecule has 114 valence electrons. The van der Waals surface area contributed by atoms with Gasteiger partial charge in [0.1, 0.15) is 11.5 Å². The van der Waals surface area contributed by atoms with Gasteiger partial charge in [0.05, 0.1) is 25.5 Å². The van der Waals surface area contributed by atoms with Crippen molar-refractivity contribution in [3.63, 3.8) is 0 Å². The number of nitrogens with one attached hydrogen (secondary N) is 1. The van der Waals surface area contributed by atoms with Crippen LogP contribution in [0.2, 0.25) is 0 Å². The van der Waals surface area contributed by atoms with Crippen molar-refractivity contribution in [2.24, 2.45) is 0 Å². The van der Waals surface area contributed by atoms with Crippen LogP contribution >= 0.6 is 0 Å². The minimum absolute atomic E-state index is 0.0114. The lowest BCUT2D eigenvalue weighted by Crippen LogP contribution is -2.14. The first-order valence-corrected chi connectivity index (χ1v) is 6.42. The van der Waals surface area contributed by atoms with Crippen molar-refractivity contribution in [1.29, 1.82) is 0 Å². The Morgan fingerprint density at radius 2 is 1.55 bits per heavy atom. The Kier molecular flexibility index (Phi) is 4.63. The summed E-state index contributed by atoms with van der Waals surface area (Å²) in [5.74, 6) is -0.467. The van der Waals surface area contributed by atoms with E-state index in [1.54, 1.807) is 24.3 Å². The van der Waals surface area contributed by atoms with Gasteiger partial charge in [0, 0.05) is 11.6 Å². The Morgan fingerprint density at radius 3 is 2.09 bits per heavy atom. The minimum Gasteiger partial charge on any atom is -0.497 e. The fourth-order valence-corrected chi connectivity index (χ4v) is 1.88. The monoisotopic (exact) mass is 301 g/mol. The molecule has 2 aromatic carbocycles. The maximum Gasteiger partial charge on any atom is 0.337 e. The second kappa shape index (κ2) is 6.62. The van der Waals surface area contributed by atoms with Gasteiger partial charge in [0.25, 0.3) is 5.91 Å². The molecule has 0 saturated carbocycles. The van der Waals surface area contributed by atoms with Crippen molar-refractivity contribution in [2.45, 2.75) is 0 Å². The lowest BCUT2D eigenvalue weighted by Gasteiger charge is -2.10. The molecule has 22 heavy (non-hydrogen) atoms. The number of aromatic carboxylic acids is 1. The summed E-state index contributed by atoms with van der Waals surface area (Å²) >= 11 is 0. The van der Waals surface area contributed by atoms with E-state index in [0.29, 0.717) is 17.1 Å². The van der Waals surface area contributed by atoms with Gasteiger partial charge in [-0.15, -0.1) is 0 Å². The first-order valence-electron chi connectivity index (χ1n) is 6.42. The second-order valence-corrected chi connectivity index (χ2v) is 4.40. The predicted octanol–water partition coefficient (Wildman–Crippen LogP) is 2.65. The average Bonchev–Trinajstić information content (AvgIpc) is 2.54. The number of carboxylic acids is 1. The Labute approximate surface area is 127 Å². The van der Waals surface area contributed by atoms with E-state index >= 15 is 0 Å². The Balaban J connectivity index is 2.28. The number of hydrogen-bond donors (Lipinski definition) is 2. The van der Waals surface area contributed by atoms with Crippen LogP contribution in [-0.2, 0) is 0 Å². The number of carbonyl (C=O) groups excluding carboxylic acids is 1. The molecule has 0 aliphatic heterocycles. The quantitative estimate of drug-likeness (QED) is 0.887. The third kappa shape index (κ3) is 3.35. The summed E-state index contributed by atoms with van der Waals surface area (Å²) in [6.07, 6.45) is 0. The van der Waals surface area contributed by atoms with Gasteiger partial charge in [0.15, 0.2) is 0 Å².